The monoisotopic (exact) mass is 556 g/mol. The molecule has 2 N–H and O–H groups in total. The first-order valence-corrected chi connectivity index (χ1v) is 13.1. The van der Waals surface area contributed by atoms with Crippen molar-refractivity contribution in [2.45, 2.75) is 13.8 Å². The Hall–Kier alpha value is -5.76. The first-order valence-electron chi connectivity index (χ1n) is 13.1. The minimum atomic E-state index is -0.690. The summed E-state index contributed by atoms with van der Waals surface area (Å²) in [7, 11) is 0. The fourth-order valence-corrected chi connectivity index (χ4v) is 6.09. The molecule has 0 bridgehead atoms. The van der Waals surface area contributed by atoms with Crippen LogP contribution in [0.2, 0.25) is 0 Å². The van der Waals surface area contributed by atoms with Gasteiger partial charge in [-0.05, 0) is 0 Å². The lowest BCUT2D eigenvalue weighted by atomic mass is 9.77. The highest BCUT2D eigenvalue weighted by Gasteiger charge is 2.38. The topological polar surface area (TPSA) is 127 Å². The molecule has 8 nitrogen and oxygen atoms in total. The Bertz CT molecular complexity index is 2100. The van der Waals surface area contributed by atoms with Crippen LogP contribution in [0, 0.1) is 0 Å². The number of rotatable bonds is 2. The second-order valence-corrected chi connectivity index (χ2v) is 10.1. The number of ether oxygens (including phenoxy) is 2. The van der Waals surface area contributed by atoms with Crippen molar-refractivity contribution in [2.24, 2.45) is 0 Å². The van der Waals surface area contributed by atoms with Crippen LogP contribution in [-0.2, 0) is 9.59 Å². The number of esters is 2. The van der Waals surface area contributed by atoms with E-state index in [-0.39, 0.29) is 77.6 Å². The minimum Gasteiger partial charge on any atom is -0.507 e. The van der Waals surface area contributed by atoms with Gasteiger partial charge in [-0.1, -0.05) is 72.8 Å². The fraction of sp³-hybridized carbons (Fsp3) is 0.0588. The lowest BCUT2D eigenvalue weighted by molar-refractivity contribution is -0.132. The van der Waals surface area contributed by atoms with Crippen molar-refractivity contribution in [1.82, 2.24) is 0 Å². The van der Waals surface area contributed by atoms with E-state index >= 15 is 0 Å². The Balaban J connectivity index is 1.90. The van der Waals surface area contributed by atoms with Crippen LogP contribution in [0.1, 0.15) is 45.7 Å². The average Bonchev–Trinajstić information content (AvgIpc) is 2.98. The molecule has 0 unspecified atom stereocenters. The number of ketones is 2. The van der Waals surface area contributed by atoms with Crippen LogP contribution in [-0.4, -0.2) is 33.7 Å². The Morgan fingerprint density at radius 3 is 1.21 bits per heavy atom. The zero-order chi connectivity index (χ0) is 29.4. The van der Waals surface area contributed by atoms with Crippen molar-refractivity contribution in [1.29, 1.82) is 0 Å². The molecule has 1 aliphatic carbocycles. The van der Waals surface area contributed by atoms with E-state index in [4.69, 9.17) is 9.47 Å². The number of phenols is 2. The van der Waals surface area contributed by atoms with Gasteiger partial charge in [0.05, 0.1) is 0 Å². The number of phenolic OH excluding ortho intramolecular Hbond substituents is 2. The molecule has 0 radical (unpaired) electrons. The molecular weight excluding hydrogens is 536 g/mol. The predicted octanol–water partition coefficient (Wildman–Crippen LogP) is 6.34. The van der Waals surface area contributed by atoms with Gasteiger partial charge >= 0.3 is 11.9 Å². The lowest BCUT2D eigenvalue weighted by Crippen LogP contribution is -2.22. The second kappa shape index (κ2) is 8.87. The normalized spacial score (nSPS) is 12.5. The molecule has 8 heteroatoms. The maximum absolute atomic E-state index is 14.2. The van der Waals surface area contributed by atoms with Gasteiger partial charge in [0.25, 0.3) is 0 Å². The summed E-state index contributed by atoms with van der Waals surface area (Å²) >= 11 is 0. The largest absolute Gasteiger partial charge is 0.507 e. The molecule has 1 aliphatic rings. The highest BCUT2D eigenvalue weighted by molar-refractivity contribution is 6.42. The summed E-state index contributed by atoms with van der Waals surface area (Å²) in [6, 6.07) is 19.5. The van der Waals surface area contributed by atoms with Crippen molar-refractivity contribution < 1.29 is 38.9 Å². The van der Waals surface area contributed by atoms with E-state index in [1.54, 1.807) is 60.7 Å². The third-order valence-corrected chi connectivity index (χ3v) is 7.64. The third-order valence-electron chi connectivity index (χ3n) is 7.64. The standard InChI is InChI=1S/C34H20O8/c1-15(35)41-33-21-13-7-5-11-19(21)31(39)25-23-24(30(38)18-10-4-3-9-17(18)29(23)37)26-28(27(25)33)34(42-16(2)36)22-14-8-6-12-20(22)32(26)40/h3-14,39-40H,1-2H3. The molecular formula is C34H20O8. The molecule has 0 aromatic heterocycles. The molecule has 0 heterocycles. The number of carbonyl (C=O) groups excluding carboxylic acids is 4. The van der Waals surface area contributed by atoms with Crippen molar-refractivity contribution in [2.75, 3.05) is 0 Å². The zero-order valence-electron chi connectivity index (χ0n) is 22.3. The number of hydrogen-bond donors (Lipinski definition) is 2. The molecule has 6 aromatic rings. The lowest BCUT2D eigenvalue weighted by Gasteiger charge is -2.26. The summed E-state index contributed by atoms with van der Waals surface area (Å²) in [6.07, 6.45) is 0. The van der Waals surface area contributed by atoms with Gasteiger partial charge in [0.1, 0.15) is 23.0 Å². The molecule has 0 saturated carbocycles. The van der Waals surface area contributed by atoms with E-state index in [9.17, 15) is 29.4 Å². The quantitative estimate of drug-likeness (QED) is 0.109. The SMILES string of the molecule is CC(=O)Oc1c2ccccc2c(O)c2c3c(c4c(O)c5ccccc5c(OC(C)=O)c4c12)C(=O)c1ccccc1C3=O. The molecule has 0 amide bonds. The van der Waals surface area contributed by atoms with E-state index in [1.807, 2.05) is 0 Å². The average molecular weight is 557 g/mol. The number of carbonyl (C=O) groups is 4. The van der Waals surface area contributed by atoms with Crippen LogP contribution in [0.5, 0.6) is 23.0 Å². The summed E-state index contributed by atoms with van der Waals surface area (Å²) in [4.78, 5) is 53.4. The molecule has 0 fully saturated rings. The summed E-state index contributed by atoms with van der Waals surface area (Å²) in [6.45, 7) is 2.41. The molecule has 7 rings (SSSR count). The van der Waals surface area contributed by atoms with Crippen LogP contribution >= 0.6 is 0 Å². The zero-order valence-corrected chi connectivity index (χ0v) is 22.3. The van der Waals surface area contributed by atoms with Gasteiger partial charge in [-0.3, -0.25) is 19.2 Å². The summed E-state index contributed by atoms with van der Waals surface area (Å²) in [5.74, 6) is -3.23. The Morgan fingerprint density at radius 1 is 0.524 bits per heavy atom. The van der Waals surface area contributed by atoms with E-state index < -0.39 is 23.5 Å². The number of fused-ring (bicyclic) bond motifs is 9. The minimum absolute atomic E-state index is 0.0270. The van der Waals surface area contributed by atoms with Gasteiger partial charge in [0, 0.05) is 79.2 Å². The maximum Gasteiger partial charge on any atom is 0.308 e. The fourth-order valence-electron chi connectivity index (χ4n) is 6.09. The first-order chi connectivity index (χ1) is 20.2. The Morgan fingerprint density at radius 2 is 0.857 bits per heavy atom. The van der Waals surface area contributed by atoms with E-state index in [2.05, 4.69) is 0 Å². The van der Waals surface area contributed by atoms with E-state index in [1.165, 1.54) is 26.0 Å². The van der Waals surface area contributed by atoms with Crippen LogP contribution in [0.3, 0.4) is 0 Å². The van der Waals surface area contributed by atoms with Gasteiger partial charge < -0.3 is 19.7 Å². The molecule has 42 heavy (non-hydrogen) atoms. The summed E-state index contributed by atoms with van der Waals surface area (Å²) < 4.78 is 11.5. The van der Waals surface area contributed by atoms with E-state index in [0.29, 0.717) is 10.8 Å². The molecule has 0 atom stereocenters. The van der Waals surface area contributed by atoms with Crippen molar-refractivity contribution >= 4 is 66.6 Å². The Labute approximate surface area is 237 Å². The molecule has 6 aromatic carbocycles. The highest BCUT2D eigenvalue weighted by Crippen LogP contribution is 2.55. The van der Waals surface area contributed by atoms with Gasteiger partial charge in [-0.2, -0.15) is 0 Å². The first kappa shape index (κ1) is 25.2. The van der Waals surface area contributed by atoms with Gasteiger partial charge in [0.2, 0.25) is 0 Å². The van der Waals surface area contributed by atoms with Crippen molar-refractivity contribution in [3.05, 3.63) is 95.1 Å². The molecule has 0 saturated heterocycles. The van der Waals surface area contributed by atoms with Crippen LogP contribution in [0.4, 0.5) is 0 Å². The van der Waals surface area contributed by atoms with Crippen LogP contribution in [0.25, 0.3) is 43.1 Å². The summed E-state index contributed by atoms with van der Waals surface area (Å²) in [5.41, 5.74) is -0.0649. The van der Waals surface area contributed by atoms with Crippen LogP contribution in [0.15, 0.2) is 72.8 Å². The number of benzene rings is 6. The molecule has 204 valence electrons. The molecule has 0 aliphatic heterocycles. The number of aromatic hydroxyl groups is 2. The van der Waals surface area contributed by atoms with E-state index in [0.717, 1.165) is 0 Å². The maximum atomic E-state index is 14.2. The van der Waals surface area contributed by atoms with Gasteiger partial charge in [0.15, 0.2) is 11.6 Å². The summed E-state index contributed by atoms with van der Waals surface area (Å²) in [5, 5.41) is 24.8. The third kappa shape index (κ3) is 3.29. The predicted molar refractivity (Wildman–Crippen MR) is 156 cm³/mol. The highest BCUT2D eigenvalue weighted by atomic mass is 16.5. The van der Waals surface area contributed by atoms with Gasteiger partial charge in [-0.15, -0.1) is 0 Å². The number of hydrogen-bond acceptors (Lipinski definition) is 8. The smallest absolute Gasteiger partial charge is 0.308 e. The molecule has 0 spiro atoms. The second-order valence-electron chi connectivity index (χ2n) is 10.1. The Kier molecular flexibility index (Phi) is 5.33. The van der Waals surface area contributed by atoms with Crippen molar-refractivity contribution in [3.8, 4) is 23.0 Å². The van der Waals surface area contributed by atoms with Gasteiger partial charge in [-0.25, -0.2) is 0 Å². The van der Waals surface area contributed by atoms with Crippen molar-refractivity contribution in [3.63, 3.8) is 0 Å². The van der Waals surface area contributed by atoms with Crippen LogP contribution < -0.4 is 9.47 Å².